The van der Waals surface area contributed by atoms with Crippen LogP contribution >= 0.6 is 27.5 Å². The van der Waals surface area contributed by atoms with Crippen LogP contribution in [-0.2, 0) is 23.0 Å². The molecule has 2 N–H and O–H groups in total. The smallest absolute Gasteiger partial charge is 0.126 e. The predicted octanol–water partition coefficient (Wildman–Crippen LogP) is 3.93. The number of benzene rings is 2. The standard InChI is InChI=1S/C15H13BrClNO2S/c16-11-5-9-3-4-20-15(9)10(6-11)8-21(19)14-2-1-12(18)7-13(14)17/h1-2,5-7H,3-4,8,18H2. The van der Waals surface area contributed by atoms with Gasteiger partial charge in [0.1, 0.15) is 5.75 Å². The lowest BCUT2D eigenvalue weighted by Gasteiger charge is -2.10. The van der Waals surface area contributed by atoms with Crippen LogP contribution < -0.4 is 10.5 Å². The molecule has 1 unspecified atom stereocenters. The minimum absolute atomic E-state index is 0.366. The highest BCUT2D eigenvalue weighted by molar-refractivity contribution is 9.10. The zero-order valence-corrected chi connectivity index (χ0v) is 14.2. The zero-order chi connectivity index (χ0) is 15.0. The Morgan fingerprint density at radius 2 is 2.14 bits per heavy atom. The molecule has 1 aliphatic rings. The van der Waals surface area contributed by atoms with Crippen molar-refractivity contribution in [2.75, 3.05) is 12.3 Å². The molecule has 0 saturated heterocycles. The molecule has 0 radical (unpaired) electrons. The van der Waals surface area contributed by atoms with Gasteiger partial charge >= 0.3 is 0 Å². The quantitative estimate of drug-likeness (QED) is 0.813. The summed E-state index contributed by atoms with van der Waals surface area (Å²) in [6.07, 6.45) is 0.886. The van der Waals surface area contributed by atoms with Gasteiger partial charge in [-0.25, -0.2) is 0 Å². The van der Waals surface area contributed by atoms with Crippen molar-refractivity contribution in [1.29, 1.82) is 0 Å². The lowest BCUT2D eigenvalue weighted by molar-refractivity contribution is 0.354. The number of rotatable bonds is 3. The maximum atomic E-state index is 12.6. The molecule has 2 aromatic rings. The van der Waals surface area contributed by atoms with Gasteiger partial charge in [0, 0.05) is 22.1 Å². The summed E-state index contributed by atoms with van der Waals surface area (Å²) in [5.41, 5.74) is 8.31. The molecular formula is C15H13BrClNO2S. The van der Waals surface area contributed by atoms with Crippen LogP contribution in [0.5, 0.6) is 5.75 Å². The van der Waals surface area contributed by atoms with E-state index < -0.39 is 10.8 Å². The van der Waals surface area contributed by atoms with Gasteiger partial charge in [0.2, 0.25) is 0 Å². The van der Waals surface area contributed by atoms with Crippen LogP contribution in [-0.4, -0.2) is 10.8 Å². The normalized spacial score (nSPS) is 14.6. The number of nitrogens with two attached hydrogens (primary N) is 1. The molecule has 0 fully saturated rings. The van der Waals surface area contributed by atoms with E-state index >= 15 is 0 Å². The van der Waals surface area contributed by atoms with Gasteiger partial charge in [-0.2, -0.15) is 0 Å². The van der Waals surface area contributed by atoms with Gasteiger partial charge < -0.3 is 10.5 Å². The van der Waals surface area contributed by atoms with Crippen molar-refractivity contribution in [2.45, 2.75) is 17.1 Å². The number of hydrogen-bond acceptors (Lipinski definition) is 3. The first-order chi connectivity index (χ1) is 10.0. The van der Waals surface area contributed by atoms with Crippen LogP contribution in [0.15, 0.2) is 39.7 Å². The SMILES string of the molecule is Nc1ccc(S(=O)Cc2cc(Br)cc3c2OCC3)c(Cl)c1. The summed E-state index contributed by atoms with van der Waals surface area (Å²) in [4.78, 5) is 0.595. The van der Waals surface area contributed by atoms with Gasteiger partial charge in [0.15, 0.2) is 0 Å². The molecule has 0 spiro atoms. The fourth-order valence-corrected chi connectivity index (χ4v) is 4.52. The van der Waals surface area contributed by atoms with E-state index in [-0.39, 0.29) is 0 Å². The predicted molar refractivity (Wildman–Crippen MR) is 89.3 cm³/mol. The Bertz CT molecular complexity index is 736. The third-order valence-electron chi connectivity index (χ3n) is 3.31. The summed E-state index contributed by atoms with van der Waals surface area (Å²) < 4.78 is 19.2. The molecule has 3 rings (SSSR count). The number of nitrogen functional groups attached to an aromatic ring is 1. The van der Waals surface area contributed by atoms with E-state index in [1.54, 1.807) is 18.2 Å². The molecule has 0 bridgehead atoms. The van der Waals surface area contributed by atoms with Crippen LogP contribution in [0, 0.1) is 0 Å². The highest BCUT2D eigenvalue weighted by Gasteiger charge is 2.20. The van der Waals surface area contributed by atoms with Gasteiger partial charge in [-0.1, -0.05) is 27.5 Å². The van der Waals surface area contributed by atoms with Crippen LogP contribution in [0.3, 0.4) is 0 Å². The van der Waals surface area contributed by atoms with Gasteiger partial charge in [0.05, 0.1) is 33.1 Å². The van der Waals surface area contributed by atoms with Crippen molar-refractivity contribution in [3.8, 4) is 5.75 Å². The highest BCUT2D eigenvalue weighted by Crippen LogP contribution is 2.35. The molecule has 2 aromatic carbocycles. The Balaban J connectivity index is 1.92. The molecule has 1 atom stereocenters. The Labute approximate surface area is 139 Å². The van der Waals surface area contributed by atoms with Crippen molar-refractivity contribution >= 4 is 44.0 Å². The summed E-state index contributed by atoms with van der Waals surface area (Å²) >= 11 is 9.61. The monoisotopic (exact) mass is 385 g/mol. The first kappa shape index (κ1) is 14.9. The molecular weight excluding hydrogens is 374 g/mol. The number of anilines is 1. The van der Waals surface area contributed by atoms with Crippen LogP contribution in [0.1, 0.15) is 11.1 Å². The second kappa shape index (κ2) is 5.99. The molecule has 0 amide bonds. The van der Waals surface area contributed by atoms with Gasteiger partial charge in [-0.3, -0.25) is 4.21 Å². The lowest BCUT2D eigenvalue weighted by atomic mass is 10.1. The van der Waals surface area contributed by atoms with E-state index in [1.807, 2.05) is 12.1 Å². The number of halogens is 2. The first-order valence-corrected chi connectivity index (χ1v) is 8.91. The minimum Gasteiger partial charge on any atom is -0.493 e. The van der Waals surface area contributed by atoms with E-state index in [0.717, 1.165) is 27.8 Å². The third-order valence-corrected chi connectivity index (χ3v) is 5.62. The number of hydrogen-bond donors (Lipinski definition) is 1. The Hall–Kier alpha value is -1.04. The molecule has 21 heavy (non-hydrogen) atoms. The van der Waals surface area contributed by atoms with Gasteiger partial charge in [-0.15, -0.1) is 0 Å². The van der Waals surface area contributed by atoms with Crippen molar-refractivity contribution in [3.63, 3.8) is 0 Å². The first-order valence-electron chi connectivity index (χ1n) is 6.42. The largest absolute Gasteiger partial charge is 0.493 e. The second-order valence-electron chi connectivity index (χ2n) is 4.83. The average Bonchev–Trinajstić information content (AvgIpc) is 2.86. The van der Waals surface area contributed by atoms with E-state index in [0.29, 0.717) is 28.0 Å². The van der Waals surface area contributed by atoms with E-state index in [4.69, 9.17) is 22.1 Å². The summed E-state index contributed by atoms with van der Waals surface area (Å²) in [6.45, 7) is 0.675. The van der Waals surface area contributed by atoms with Crippen LogP contribution in [0.25, 0.3) is 0 Å². The average molecular weight is 387 g/mol. The van der Waals surface area contributed by atoms with Crippen molar-refractivity contribution in [2.24, 2.45) is 0 Å². The fourth-order valence-electron chi connectivity index (χ4n) is 2.37. The topological polar surface area (TPSA) is 52.3 Å². The highest BCUT2D eigenvalue weighted by atomic mass is 79.9. The molecule has 1 heterocycles. The van der Waals surface area contributed by atoms with Crippen LogP contribution in [0.4, 0.5) is 5.69 Å². The zero-order valence-electron chi connectivity index (χ0n) is 11.1. The molecule has 3 nitrogen and oxygen atoms in total. The molecule has 6 heteroatoms. The van der Waals surface area contributed by atoms with Crippen molar-refractivity contribution < 1.29 is 8.95 Å². The third kappa shape index (κ3) is 3.10. The van der Waals surface area contributed by atoms with E-state index in [2.05, 4.69) is 15.9 Å². The Morgan fingerprint density at radius 3 is 2.90 bits per heavy atom. The molecule has 110 valence electrons. The number of ether oxygens (including phenoxy) is 1. The molecule has 0 aromatic heterocycles. The summed E-state index contributed by atoms with van der Waals surface area (Å²) in [5.74, 6) is 1.23. The summed E-state index contributed by atoms with van der Waals surface area (Å²) in [7, 11) is -1.24. The number of fused-ring (bicyclic) bond motifs is 1. The molecule has 0 aliphatic carbocycles. The fraction of sp³-hybridized carbons (Fsp3) is 0.200. The second-order valence-corrected chi connectivity index (χ2v) is 7.57. The van der Waals surface area contributed by atoms with Gasteiger partial charge in [0.25, 0.3) is 0 Å². The summed E-state index contributed by atoms with van der Waals surface area (Å²) in [6, 6.07) is 9.04. The van der Waals surface area contributed by atoms with Gasteiger partial charge in [-0.05, 0) is 35.9 Å². The minimum atomic E-state index is -1.24. The molecule has 1 aliphatic heterocycles. The van der Waals surface area contributed by atoms with E-state index in [1.165, 1.54) is 0 Å². The molecule has 0 saturated carbocycles. The van der Waals surface area contributed by atoms with Crippen molar-refractivity contribution in [1.82, 2.24) is 0 Å². The Morgan fingerprint density at radius 1 is 1.33 bits per heavy atom. The van der Waals surface area contributed by atoms with E-state index in [9.17, 15) is 4.21 Å². The van der Waals surface area contributed by atoms with Crippen LogP contribution in [0.2, 0.25) is 5.02 Å². The maximum absolute atomic E-state index is 12.6. The van der Waals surface area contributed by atoms with Crippen molar-refractivity contribution in [3.05, 3.63) is 51.0 Å². The maximum Gasteiger partial charge on any atom is 0.126 e. The summed E-state index contributed by atoms with van der Waals surface area (Å²) in [5, 5.41) is 0.431. The Kier molecular flexibility index (Phi) is 4.24. The lowest BCUT2D eigenvalue weighted by Crippen LogP contribution is -2.00.